The summed E-state index contributed by atoms with van der Waals surface area (Å²) >= 11 is 0. The summed E-state index contributed by atoms with van der Waals surface area (Å²) in [5, 5.41) is 21.9. The average molecular weight is 747 g/mol. The summed E-state index contributed by atoms with van der Waals surface area (Å²) in [7, 11) is 0. The van der Waals surface area contributed by atoms with Crippen LogP contribution >= 0.6 is 0 Å². The van der Waals surface area contributed by atoms with E-state index < -0.39 is 69.9 Å². The van der Waals surface area contributed by atoms with Crippen molar-refractivity contribution >= 4 is 45.4 Å². The molecule has 0 saturated carbocycles. The molecule has 0 bridgehead atoms. The van der Waals surface area contributed by atoms with Crippen molar-refractivity contribution in [2.24, 2.45) is 11.8 Å². The minimum atomic E-state index is -1.73. The van der Waals surface area contributed by atoms with Crippen LogP contribution in [-0.2, 0) is 9.59 Å². The van der Waals surface area contributed by atoms with Gasteiger partial charge in [-0.2, -0.15) is 0 Å². The fourth-order valence-electron chi connectivity index (χ4n) is 7.84. The second-order valence-electron chi connectivity index (χ2n) is 13.4. The fraction of sp³-hybridized carbons (Fsp3) is 0.0909. The Bertz CT molecular complexity index is 2760. The molecule has 4 atom stereocenters. The smallest absolute Gasteiger partial charge is 0.343 e. The molecule has 4 unspecified atom stereocenters. The van der Waals surface area contributed by atoms with Gasteiger partial charge in [0.15, 0.2) is 23.1 Å². The molecule has 0 saturated heterocycles. The first-order chi connectivity index (χ1) is 27.1. The molecule has 4 heterocycles. The van der Waals surface area contributed by atoms with E-state index in [2.05, 4.69) is 0 Å². The Morgan fingerprint density at radius 2 is 0.875 bits per heavy atom. The Labute approximate surface area is 314 Å². The zero-order valence-corrected chi connectivity index (χ0v) is 28.8. The van der Waals surface area contributed by atoms with E-state index in [1.807, 2.05) is 0 Å². The van der Waals surface area contributed by atoms with Gasteiger partial charge in [-0.05, 0) is 59.7 Å². The molecule has 0 fully saturated rings. The van der Waals surface area contributed by atoms with Crippen LogP contribution in [0, 0.1) is 11.8 Å². The lowest BCUT2D eigenvalue weighted by Gasteiger charge is -2.33. The van der Waals surface area contributed by atoms with Gasteiger partial charge in [-0.1, -0.05) is 72.8 Å². The van der Waals surface area contributed by atoms with Gasteiger partial charge in [0.25, 0.3) is 0 Å². The quantitative estimate of drug-likeness (QED) is 0.0825. The van der Waals surface area contributed by atoms with Crippen molar-refractivity contribution in [1.82, 2.24) is 0 Å². The number of benzene rings is 5. The van der Waals surface area contributed by atoms with Crippen molar-refractivity contribution in [3.63, 3.8) is 0 Å². The zero-order chi connectivity index (χ0) is 38.8. The van der Waals surface area contributed by atoms with Gasteiger partial charge in [0.2, 0.25) is 0 Å². The largest absolute Gasteiger partial charge is 0.507 e. The first-order valence-electron chi connectivity index (χ1n) is 17.4. The third-order valence-corrected chi connectivity index (χ3v) is 10.3. The SMILES string of the molecule is O=C1Oc2c(c(=O)oc3ccccc23)C(c2cccc(C3c4c(c5ccccc5oc4=O)OC(=O)C3C(=O)c3ccccc3O)c2)C1C(=O)c1ccccc1O. The second kappa shape index (κ2) is 13.1. The molecule has 12 heteroatoms. The third-order valence-electron chi connectivity index (χ3n) is 10.3. The van der Waals surface area contributed by atoms with Crippen LogP contribution in [0.3, 0.4) is 0 Å². The molecule has 0 radical (unpaired) electrons. The first kappa shape index (κ1) is 34.2. The van der Waals surface area contributed by atoms with Gasteiger partial charge in [-0.25, -0.2) is 9.59 Å². The summed E-state index contributed by atoms with van der Waals surface area (Å²) in [4.78, 5) is 84.6. The number of para-hydroxylation sites is 4. The Balaban J connectivity index is 1.30. The Hall–Kier alpha value is -7.60. The molecule has 2 aliphatic rings. The standard InChI is InChI=1S/C44H26O12/c45-27-16-5-1-12-23(27)37(47)33-31(35-39(55-41(33)49)25-14-3-7-18-29(25)53-43(35)51)21-10-9-11-22(20-21)32-34(38(48)24-13-2-6-17-28(24)46)42(50)56-40-26-15-4-8-19-30(26)54-44(52)36(32)40/h1-20,31-34,45-46H. The van der Waals surface area contributed by atoms with E-state index in [1.54, 1.807) is 48.5 Å². The molecular formula is C44H26O12. The van der Waals surface area contributed by atoms with Gasteiger partial charge in [-0.3, -0.25) is 19.2 Å². The maximum Gasteiger partial charge on any atom is 0.343 e. The third kappa shape index (κ3) is 5.29. The summed E-state index contributed by atoms with van der Waals surface area (Å²) in [5.74, 6) is -11.0. The highest BCUT2D eigenvalue weighted by atomic mass is 16.5. The predicted octanol–water partition coefficient (Wildman–Crippen LogP) is 6.41. The maximum atomic E-state index is 14.3. The molecule has 0 aliphatic carbocycles. The molecule has 2 aromatic heterocycles. The number of carbonyl (C=O) groups excluding carboxylic acids is 4. The lowest BCUT2D eigenvalue weighted by atomic mass is 9.72. The second-order valence-corrected chi connectivity index (χ2v) is 13.4. The molecule has 274 valence electrons. The summed E-state index contributed by atoms with van der Waals surface area (Å²) in [6.45, 7) is 0. The number of ketones is 2. The highest BCUT2D eigenvalue weighted by molar-refractivity contribution is 6.14. The number of hydrogen-bond acceptors (Lipinski definition) is 12. The molecular weight excluding hydrogens is 720 g/mol. The number of phenols is 2. The van der Waals surface area contributed by atoms with E-state index in [0.29, 0.717) is 0 Å². The van der Waals surface area contributed by atoms with Crippen LogP contribution < -0.4 is 20.7 Å². The van der Waals surface area contributed by atoms with Crippen LogP contribution in [0.2, 0.25) is 0 Å². The first-order valence-corrected chi connectivity index (χ1v) is 17.4. The van der Waals surface area contributed by atoms with Crippen LogP contribution in [0.5, 0.6) is 23.0 Å². The van der Waals surface area contributed by atoms with Crippen molar-refractivity contribution in [3.8, 4) is 23.0 Å². The van der Waals surface area contributed by atoms with Crippen molar-refractivity contribution in [2.75, 3.05) is 0 Å². The Morgan fingerprint density at radius 3 is 1.30 bits per heavy atom. The molecule has 7 aromatic rings. The van der Waals surface area contributed by atoms with E-state index in [0.717, 1.165) is 0 Å². The molecule has 12 nitrogen and oxygen atoms in total. The molecule has 0 spiro atoms. The molecule has 5 aromatic carbocycles. The summed E-state index contributed by atoms with van der Waals surface area (Å²) in [5.41, 5.74) is -1.92. The van der Waals surface area contributed by atoms with Crippen LogP contribution in [-0.4, -0.2) is 33.7 Å². The predicted molar refractivity (Wildman–Crippen MR) is 198 cm³/mol. The van der Waals surface area contributed by atoms with Gasteiger partial charge < -0.3 is 28.5 Å². The van der Waals surface area contributed by atoms with E-state index in [-0.39, 0.29) is 66.8 Å². The van der Waals surface area contributed by atoms with Gasteiger partial charge in [-0.15, -0.1) is 0 Å². The number of ether oxygens (including phenoxy) is 2. The van der Waals surface area contributed by atoms with Crippen LogP contribution in [0.25, 0.3) is 21.9 Å². The lowest BCUT2D eigenvalue weighted by molar-refractivity contribution is -0.139. The number of phenolic OH excluding ortho intramolecular Hbond substituents is 2. The number of esters is 2. The monoisotopic (exact) mass is 746 g/mol. The summed E-state index contributed by atoms with van der Waals surface area (Å²) in [6.07, 6.45) is 0. The molecule has 2 N–H and O–H groups in total. The number of Topliss-reactive ketones (excluding diaryl/α,β-unsaturated/α-hetero) is 2. The van der Waals surface area contributed by atoms with Crippen LogP contribution in [0.4, 0.5) is 0 Å². The minimum Gasteiger partial charge on any atom is -0.507 e. The van der Waals surface area contributed by atoms with E-state index in [9.17, 15) is 39.0 Å². The lowest BCUT2D eigenvalue weighted by Crippen LogP contribution is -2.41. The Kier molecular flexibility index (Phi) is 7.97. The van der Waals surface area contributed by atoms with Crippen molar-refractivity contribution in [3.05, 3.63) is 176 Å². The highest BCUT2D eigenvalue weighted by Gasteiger charge is 2.49. The van der Waals surface area contributed by atoms with Crippen molar-refractivity contribution < 1.29 is 47.7 Å². The number of aromatic hydroxyl groups is 2. The molecule has 56 heavy (non-hydrogen) atoms. The fourth-order valence-corrected chi connectivity index (χ4v) is 7.84. The van der Waals surface area contributed by atoms with Gasteiger partial charge in [0.1, 0.15) is 34.5 Å². The number of carbonyl (C=O) groups is 4. The summed E-state index contributed by atoms with van der Waals surface area (Å²) in [6, 6.07) is 30.1. The normalized spacial score (nSPS) is 18.8. The highest BCUT2D eigenvalue weighted by Crippen LogP contribution is 2.49. The maximum absolute atomic E-state index is 14.3. The van der Waals surface area contributed by atoms with E-state index >= 15 is 0 Å². The van der Waals surface area contributed by atoms with Gasteiger partial charge in [0, 0.05) is 11.8 Å². The van der Waals surface area contributed by atoms with Crippen molar-refractivity contribution in [1.29, 1.82) is 0 Å². The number of fused-ring (bicyclic) bond motifs is 6. The zero-order valence-electron chi connectivity index (χ0n) is 28.8. The van der Waals surface area contributed by atoms with E-state index in [1.165, 1.54) is 72.8 Å². The van der Waals surface area contributed by atoms with Crippen LogP contribution in [0.1, 0.15) is 54.8 Å². The Morgan fingerprint density at radius 1 is 0.482 bits per heavy atom. The van der Waals surface area contributed by atoms with E-state index in [4.69, 9.17) is 18.3 Å². The van der Waals surface area contributed by atoms with Crippen molar-refractivity contribution in [2.45, 2.75) is 11.8 Å². The molecule has 9 rings (SSSR count). The minimum absolute atomic E-state index is 0.120. The van der Waals surface area contributed by atoms with Gasteiger partial charge in [0.05, 0.1) is 33.0 Å². The number of hydrogen-bond donors (Lipinski definition) is 2. The molecule has 2 aliphatic heterocycles. The molecule has 0 amide bonds. The summed E-state index contributed by atoms with van der Waals surface area (Å²) < 4.78 is 22.9. The number of rotatable bonds is 6. The van der Waals surface area contributed by atoms with Crippen LogP contribution in [0.15, 0.2) is 140 Å². The topological polar surface area (TPSA) is 188 Å². The van der Waals surface area contributed by atoms with Gasteiger partial charge >= 0.3 is 23.2 Å². The average Bonchev–Trinajstić information content (AvgIpc) is 3.20.